The van der Waals surface area contributed by atoms with Crippen LogP contribution in [0.5, 0.6) is 0 Å². The van der Waals surface area contributed by atoms with Gasteiger partial charge in [0.1, 0.15) is 22.9 Å². The second-order valence-electron chi connectivity index (χ2n) is 6.00. The Hall–Kier alpha value is -3.36. The van der Waals surface area contributed by atoms with E-state index >= 15 is 0 Å². The Balaban J connectivity index is 2.10. The maximum Gasteiger partial charge on any atom is 0.274 e. The summed E-state index contributed by atoms with van der Waals surface area (Å²) in [6.07, 6.45) is 3.20. The number of pyridine rings is 1. The van der Waals surface area contributed by atoms with Crippen LogP contribution in [0.25, 0.3) is 5.65 Å². The molecule has 0 bridgehead atoms. The van der Waals surface area contributed by atoms with Gasteiger partial charge in [0.05, 0.1) is 6.20 Å². The maximum atomic E-state index is 12.6. The molecule has 0 saturated heterocycles. The molecule has 26 heavy (non-hydrogen) atoms. The molecule has 0 aromatic carbocycles. The Morgan fingerprint density at radius 1 is 1.27 bits per heavy atom. The highest BCUT2D eigenvalue weighted by atomic mass is 16.1. The lowest BCUT2D eigenvalue weighted by atomic mass is 10.3. The maximum absolute atomic E-state index is 12.6. The van der Waals surface area contributed by atoms with Crippen LogP contribution >= 0.6 is 0 Å². The molecule has 9 heteroatoms. The largest absolute Gasteiger partial charge is 0.373 e. The first kappa shape index (κ1) is 17.5. The Kier molecular flexibility index (Phi) is 4.61. The third-order valence-corrected chi connectivity index (χ3v) is 3.99. The van der Waals surface area contributed by atoms with Gasteiger partial charge in [-0.1, -0.05) is 0 Å². The zero-order valence-electron chi connectivity index (χ0n) is 15.1. The molecule has 0 unspecified atom stereocenters. The summed E-state index contributed by atoms with van der Waals surface area (Å²) in [5.41, 5.74) is 0.996. The quantitative estimate of drug-likeness (QED) is 0.642. The highest BCUT2D eigenvalue weighted by Gasteiger charge is 2.16. The Morgan fingerprint density at radius 2 is 2.04 bits per heavy atom. The van der Waals surface area contributed by atoms with Crippen molar-refractivity contribution in [1.29, 1.82) is 0 Å². The van der Waals surface area contributed by atoms with Gasteiger partial charge < -0.3 is 20.5 Å². The van der Waals surface area contributed by atoms with Crippen molar-refractivity contribution in [1.82, 2.24) is 24.5 Å². The van der Waals surface area contributed by atoms with Crippen LogP contribution in [0.1, 0.15) is 30.2 Å². The van der Waals surface area contributed by atoms with Gasteiger partial charge in [-0.15, -0.1) is 0 Å². The Bertz CT molecular complexity index is 1020. The molecule has 0 atom stereocenters. The number of hydrogen-bond acceptors (Lipinski definition) is 6. The van der Waals surface area contributed by atoms with Crippen molar-refractivity contribution in [2.75, 3.05) is 24.7 Å². The Morgan fingerprint density at radius 3 is 2.69 bits per heavy atom. The summed E-state index contributed by atoms with van der Waals surface area (Å²) >= 11 is 0. The number of rotatable bonds is 5. The van der Waals surface area contributed by atoms with E-state index < -0.39 is 0 Å². The van der Waals surface area contributed by atoms with E-state index in [9.17, 15) is 9.59 Å². The summed E-state index contributed by atoms with van der Waals surface area (Å²) in [7, 11) is 3.29. The lowest BCUT2D eigenvalue weighted by Gasteiger charge is -2.13. The van der Waals surface area contributed by atoms with Gasteiger partial charge in [0.2, 0.25) is 0 Å². The normalized spacial score (nSPS) is 11.0. The van der Waals surface area contributed by atoms with Gasteiger partial charge in [0, 0.05) is 32.4 Å². The molecule has 3 aromatic rings. The van der Waals surface area contributed by atoms with Crippen LogP contribution in [0.2, 0.25) is 0 Å². The van der Waals surface area contributed by atoms with Gasteiger partial charge in [-0.25, -0.2) is 4.98 Å². The van der Waals surface area contributed by atoms with Gasteiger partial charge >= 0.3 is 0 Å². The predicted molar refractivity (Wildman–Crippen MR) is 100 cm³/mol. The van der Waals surface area contributed by atoms with Crippen LogP contribution < -0.4 is 21.5 Å². The number of anilines is 3. The zero-order chi connectivity index (χ0) is 18.8. The number of nitrogens with one attached hydrogen (secondary N) is 3. The van der Waals surface area contributed by atoms with Crippen molar-refractivity contribution >= 4 is 28.9 Å². The average Bonchev–Trinajstić information content (AvgIpc) is 3.05. The van der Waals surface area contributed by atoms with Gasteiger partial charge in [0.25, 0.3) is 11.5 Å². The van der Waals surface area contributed by atoms with Crippen molar-refractivity contribution in [3.63, 3.8) is 0 Å². The van der Waals surface area contributed by atoms with Crippen molar-refractivity contribution < 1.29 is 4.79 Å². The fraction of sp³-hybridized carbons (Fsp3) is 0.294. The van der Waals surface area contributed by atoms with Crippen molar-refractivity contribution in [3.8, 4) is 0 Å². The summed E-state index contributed by atoms with van der Waals surface area (Å²) in [5, 5.41) is 12.8. The van der Waals surface area contributed by atoms with Crippen molar-refractivity contribution in [2.24, 2.45) is 0 Å². The van der Waals surface area contributed by atoms with Crippen LogP contribution in [-0.2, 0) is 0 Å². The molecule has 9 nitrogen and oxygen atoms in total. The van der Waals surface area contributed by atoms with E-state index in [1.54, 1.807) is 43.1 Å². The Labute approximate surface area is 150 Å². The van der Waals surface area contributed by atoms with E-state index in [4.69, 9.17) is 0 Å². The number of hydrogen-bond donors (Lipinski definition) is 3. The number of nitrogens with zero attached hydrogens (tertiary/aromatic N) is 4. The molecule has 0 aliphatic rings. The average molecular weight is 355 g/mol. The molecule has 0 radical (unpaired) electrons. The van der Waals surface area contributed by atoms with Gasteiger partial charge in [-0.2, -0.15) is 9.61 Å². The minimum absolute atomic E-state index is 0.0437. The summed E-state index contributed by atoms with van der Waals surface area (Å²) in [5.74, 6) is 0.785. The van der Waals surface area contributed by atoms with Crippen molar-refractivity contribution in [2.45, 2.75) is 19.9 Å². The molecule has 0 aliphatic heterocycles. The summed E-state index contributed by atoms with van der Waals surface area (Å²) in [6, 6.07) is 5.26. The molecule has 3 rings (SSSR count). The number of carbonyl (C=O) groups excluding carboxylic acids is 1. The molecule has 1 amide bonds. The first-order valence-electron chi connectivity index (χ1n) is 8.23. The van der Waals surface area contributed by atoms with Crippen LogP contribution in [0.3, 0.4) is 0 Å². The number of fused-ring (bicyclic) bond motifs is 1. The standard InChI is InChI=1S/C17H21N7O2/c1-10(2)23-7-5-6-12(17(23)26)21-13-8-14(18-3)24-15(22-13)11(9-20-24)16(25)19-4/h5-10,18H,1-4H3,(H,19,25)(H,21,22). The van der Waals surface area contributed by atoms with E-state index in [0.29, 0.717) is 28.5 Å². The summed E-state index contributed by atoms with van der Waals surface area (Å²) < 4.78 is 3.17. The molecule has 0 saturated carbocycles. The fourth-order valence-electron chi connectivity index (χ4n) is 2.65. The molecular weight excluding hydrogens is 334 g/mol. The lowest BCUT2D eigenvalue weighted by Crippen LogP contribution is -2.23. The number of aromatic nitrogens is 4. The van der Waals surface area contributed by atoms with Crippen molar-refractivity contribution in [3.05, 3.63) is 46.5 Å². The number of amides is 1. The van der Waals surface area contributed by atoms with Crippen LogP contribution in [0, 0.1) is 0 Å². The van der Waals surface area contributed by atoms with Gasteiger partial charge in [-0.3, -0.25) is 9.59 Å². The lowest BCUT2D eigenvalue weighted by molar-refractivity contribution is 0.0964. The molecule has 3 N–H and O–H groups in total. The minimum atomic E-state index is -0.284. The smallest absolute Gasteiger partial charge is 0.274 e. The number of carbonyl (C=O) groups is 1. The first-order valence-corrected chi connectivity index (χ1v) is 8.23. The molecule has 136 valence electrons. The minimum Gasteiger partial charge on any atom is -0.373 e. The van der Waals surface area contributed by atoms with E-state index in [0.717, 1.165) is 0 Å². The first-order chi connectivity index (χ1) is 12.5. The van der Waals surface area contributed by atoms with Crippen LogP contribution in [0.15, 0.2) is 35.4 Å². The third kappa shape index (κ3) is 2.99. The molecule has 3 heterocycles. The highest BCUT2D eigenvalue weighted by Crippen LogP contribution is 2.20. The summed E-state index contributed by atoms with van der Waals surface area (Å²) in [4.78, 5) is 29.1. The molecule has 3 aromatic heterocycles. The molecule has 0 aliphatic carbocycles. The van der Waals surface area contributed by atoms with Gasteiger partial charge in [-0.05, 0) is 26.0 Å². The van der Waals surface area contributed by atoms with E-state index in [1.807, 2.05) is 13.8 Å². The predicted octanol–water partition coefficient (Wildman–Crippen LogP) is 1.62. The second kappa shape index (κ2) is 6.87. The summed E-state index contributed by atoms with van der Waals surface area (Å²) in [6.45, 7) is 3.88. The topological polar surface area (TPSA) is 105 Å². The zero-order valence-corrected chi connectivity index (χ0v) is 15.1. The van der Waals surface area contributed by atoms with E-state index in [-0.39, 0.29) is 17.5 Å². The molecular formula is C17H21N7O2. The monoisotopic (exact) mass is 355 g/mol. The van der Waals surface area contributed by atoms with E-state index in [1.165, 1.54) is 10.7 Å². The fourth-order valence-corrected chi connectivity index (χ4v) is 2.65. The molecule has 0 spiro atoms. The third-order valence-electron chi connectivity index (χ3n) is 3.99. The van der Waals surface area contributed by atoms with E-state index in [2.05, 4.69) is 26.0 Å². The van der Waals surface area contributed by atoms with Crippen LogP contribution in [-0.4, -0.2) is 39.2 Å². The SMILES string of the molecule is CNC(=O)c1cnn2c(NC)cc(Nc3cccn(C(C)C)c3=O)nc12. The molecule has 0 fully saturated rings. The van der Waals surface area contributed by atoms with Gasteiger partial charge in [0.15, 0.2) is 5.65 Å². The second-order valence-corrected chi connectivity index (χ2v) is 6.00. The van der Waals surface area contributed by atoms with Crippen LogP contribution in [0.4, 0.5) is 17.3 Å². The highest BCUT2D eigenvalue weighted by molar-refractivity contribution is 5.99.